The molecule has 0 aliphatic carbocycles. The molecule has 11 heteroatoms. The van der Waals surface area contributed by atoms with Gasteiger partial charge in [-0.3, -0.25) is 19.7 Å². The number of halogens is 3. The van der Waals surface area contributed by atoms with E-state index in [1.807, 2.05) is 0 Å². The number of imide groups is 1. The lowest BCUT2D eigenvalue weighted by Crippen LogP contribution is -2.26. The summed E-state index contributed by atoms with van der Waals surface area (Å²) in [5.41, 5.74) is 1.24. The molecule has 1 aliphatic rings. The number of benzene rings is 2. The molecule has 1 saturated heterocycles. The number of hydrogen-bond donors (Lipinski definition) is 2. The van der Waals surface area contributed by atoms with Gasteiger partial charge in [0.25, 0.3) is 11.1 Å². The van der Waals surface area contributed by atoms with Gasteiger partial charge in [-0.25, -0.2) is 0 Å². The van der Waals surface area contributed by atoms with Gasteiger partial charge in [0.1, 0.15) is 11.5 Å². The number of ether oxygens (including phenoxy) is 2. The molecule has 0 radical (unpaired) electrons. The predicted octanol–water partition coefficient (Wildman–Crippen LogP) is 3.42. The second-order valence-electron chi connectivity index (χ2n) is 6.50. The molecule has 1 unspecified atom stereocenters. The van der Waals surface area contributed by atoms with Crippen molar-refractivity contribution in [2.75, 3.05) is 7.11 Å². The summed E-state index contributed by atoms with van der Waals surface area (Å²) in [6.45, 7) is -0.0450. The van der Waals surface area contributed by atoms with Crippen LogP contribution in [0.25, 0.3) is 0 Å². The zero-order valence-electron chi connectivity index (χ0n) is 16.1. The number of amides is 3. The summed E-state index contributed by atoms with van der Waals surface area (Å²) in [4.78, 5) is 35.8. The topological polar surface area (TPSA) is 93.7 Å². The van der Waals surface area contributed by atoms with E-state index >= 15 is 0 Å². The van der Waals surface area contributed by atoms with E-state index < -0.39 is 28.7 Å². The van der Waals surface area contributed by atoms with E-state index in [-0.39, 0.29) is 30.0 Å². The van der Waals surface area contributed by atoms with E-state index in [0.717, 1.165) is 17.8 Å². The molecule has 0 aromatic heterocycles. The van der Waals surface area contributed by atoms with Crippen LogP contribution in [-0.4, -0.2) is 35.8 Å². The molecule has 0 spiro atoms. The van der Waals surface area contributed by atoms with Crippen molar-refractivity contribution < 1.29 is 37.0 Å². The fourth-order valence-corrected chi connectivity index (χ4v) is 3.79. The monoisotopic (exact) mass is 454 g/mol. The van der Waals surface area contributed by atoms with Crippen LogP contribution in [0.5, 0.6) is 11.5 Å². The smallest absolute Gasteiger partial charge is 0.496 e. The van der Waals surface area contributed by atoms with Crippen molar-refractivity contribution in [2.45, 2.75) is 24.6 Å². The molecule has 7 nitrogen and oxygen atoms in total. The van der Waals surface area contributed by atoms with Gasteiger partial charge in [0, 0.05) is 6.54 Å². The fraction of sp³-hybridized carbons (Fsp3) is 0.250. The fourth-order valence-electron chi connectivity index (χ4n) is 2.93. The van der Waals surface area contributed by atoms with Crippen molar-refractivity contribution in [3.05, 3.63) is 59.2 Å². The van der Waals surface area contributed by atoms with Crippen molar-refractivity contribution in [1.82, 2.24) is 10.6 Å². The van der Waals surface area contributed by atoms with Gasteiger partial charge in [0.05, 0.1) is 17.9 Å². The summed E-state index contributed by atoms with van der Waals surface area (Å²) >= 11 is 0.882. The van der Waals surface area contributed by atoms with Crippen LogP contribution in [-0.2, 0) is 17.8 Å². The van der Waals surface area contributed by atoms with Gasteiger partial charge >= 0.3 is 6.36 Å². The Balaban J connectivity index is 1.70. The van der Waals surface area contributed by atoms with Gasteiger partial charge in [0.2, 0.25) is 5.91 Å². The first kappa shape index (κ1) is 22.5. The molecule has 0 saturated carbocycles. The third-order valence-corrected chi connectivity index (χ3v) is 5.26. The molecule has 0 bridgehead atoms. The lowest BCUT2D eigenvalue weighted by atomic mass is 10.0. The van der Waals surface area contributed by atoms with Gasteiger partial charge in [0.15, 0.2) is 0 Å². The highest BCUT2D eigenvalue weighted by atomic mass is 32.2. The first-order valence-corrected chi connectivity index (χ1v) is 9.84. The summed E-state index contributed by atoms with van der Waals surface area (Å²) in [6.07, 6.45) is -4.57. The SMILES string of the molecule is COc1ccc(CC2SC(=O)NC2=O)cc1C(=O)NCc1cccc(OC(F)(F)F)c1. The second kappa shape index (κ2) is 9.29. The minimum Gasteiger partial charge on any atom is -0.496 e. The Bertz CT molecular complexity index is 1010. The average molecular weight is 454 g/mol. The van der Waals surface area contributed by atoms with Gasteiger partial charge in [-0.2, -0.15) is 0 Å². The van der Waals surface area contributed by atoms with E-state index in [0.29, 0.717) is 11.1 Å². The Labute approximate surface area is 179 Å². The standard InChI is InChI=1S/C20H17F3N2O5S/c1-29-15-6-5-11(9-16-18(27)25-19(28)31-16)8-14(15)17(26)24-10-12-3-2-4-13(7-12)30-20(21,22)23/h2-8,16H,9-10H2,1H3,(H,24,26)(H,25,27,28). The molecule has 1 aliphatic heterocycles. The summed E-state index contributed by atoms with van der Waals surface area (Å²) in [7, 11) is 1.39. The molecule has 2 aromatic carbocycles. The summed E-state index contributed by atoms with van der Waals surface area (Å²) in [6, 6.07) is 10.1. The highest BCUT2D eigenvalue weighted by Gasteiger charge is 2.32. The first-order valence-electron chi connectivity index (χ1n) is 8.96. The minimum absolute atomic E-state index is 0.0450. The zero-order valence-corrected chi connectivity index (χ0v) is 16.9. The zero-order chi connectivity index (χ0) is 22.6. The Morgan fingerprint density at radius 3 is 2.58 bits per heavy atom. The molecule has 1 fully saturated rings. The number of carbonyl (C=O) groups is 3. The predicted molar refractivity (Wildman–Crippen MR) is 106 cm³/mol. The van der Waals surface area contributed by atoms with Crippen molar-refractivity contribution in [1.29, 1.82) is 0 Å². The van der Waals surface area contributed by atoms with Crippen molar-refractivity contribution >= 4 is 28.8 Å². The minimum atomic E-state index is -4.81. The Morgan fingerprint density at radius 1 is 1.16 bits per heavy atom. The van der Waals surface area contributed by atoms with Crippen molar-refractivity contribution in [3.63, 3.8) is 0 Å². The number of rotatable bonds is 7. The molecule has 1 heterocycles. The quantitative estimate of drug-likeness (QED) is 0.666. The number of nitrogens with one attached hydrogen (secondary N) is 2. The van der Waals surface area contributed by atoms with Crippen LogP contribution in [0.2, 0.25) is 0 Å². The largest absolute Gasteiger partial charge is 0.573 e. The number of methoxy groups -OCH3 is 1. The van der Waals surface area contributed by atoms with Crippen LogP contribution >= 0.6 is 11.8 Å². The maximum absolute atomic E-state index is 12.7. The molecule has 2 N–H and O–H groups in total. The van der Waals surface area contributed by atoms with Crippen LogP contribution in [0.15, 0.2) is 42.5 Å². The molecule has 164 valence electrons. The van der Waals surface area contributed by atoms with Crippen molar-refractivity contribution in [2.24, 2.45) is 0 Å². The van der Waals surface area contributed by atoms with Crippen LogP contribution < -0.4 is 20.1 Å². The third kappa shape index (κ3) is 6.14. The summed E-state index contributed by atoms with van der Waals surface area (Å²) in [5.74, 6) is -1.01. The third-order valence-electron chi connectivity index (χ3n) is 4.28. The highest BCUT2D eigenvalue weighted by Crippen LogP contribution is 2.27. The molecular weight excluding hydrogens is 437 g/mol. The highest BCUT2D eigenvalue weighted by molar-refractivity contribution is 8.15. The van der Waals surface area contributed by atoms with Gasteiger partial charge < -0.3 is 14.8 Å². The number of thioether (sulfide) groups is 1. The lowest BCUT2D eigenvalue weighted by Gasteiger charge is -2.13. The molecule has 2 aromatic rings. The maximum atomic E-state index is 12.7. The van der Waals surface area contributed by atoms with E-state index in [9.17, 15) is 27.6 Å². The molecule has 3 amide bonds. The van der Waals surface area contributed by atoms with Gasteiger partial charge in [-0.15, -0.1) is 13.2 Å². The normalized spacial score (nSPS) is 16.1. The van der Waals surface area contributed by atoms with Crippen molar-refractivity contribution in [3.8, 4) is 11.5 Å². The Hall–Kier alpha value is -3.21. The summed E-state index contributed by atoms with van der Waals surface area (Å²) in [5, 5.41) is 3.82. The van der Waals surface area contributed by atoms with Gasteiger partial charge in [-0.05, 0) is 41.8 Å². The van der Waals surface area contributed by atoms with Gasteiger partial charge in [-0.1, -0.05) is 30.0 Å². The number of carbonyl (C=O) groups excluding carboxylic acids is 3. The Morgan fingerprint density at radius 2 is 1.94 bits per heavy atom. The molecular formula is C20H17F3N2O5S. The first-order chi connectivity index (χ1) is 14.6. The van der Waals surface area contributed by atoms with E-state index in [2.05, 4.69) is 15.4 Å². The number of hydrogen-bond acceptors (Lipinski definition) is 6. The van der Waals surface area contributed by atoms with E-state index in [1.165, 1.54) is 19.2 Å². The van der Waals surface area contributed by atoms with Crippen LogP contribution in [0.4, 0.5) is 18.0 Å². The summed E-state index contributed by atoms with van der Waals surface area (Å²) < 4.78 is 46.2. The number of alkyl halides is 3. The lowest BCUT2D eigenvalue weighted by molar-refractivity contribution is -0.274. The second-order valence-corrected chi connectivity index (χ2v) is 7.68. The van der Waals surface area contributed by atoms with E-state index in [4.69, 9.17) is 4.74 Å². The van der Waals surface area contributed by atoms with Crippen LogP contribution in [0, 0.1) is 0 Å². The maximum Gasteiger partial charge on any atom is 0.573 e. The molecule has 1 atom stereocenters. The van der Waals surface area contributed by atoms with E-state index in [1.54, 1.807) is 24.3 Å². The molecule has 31 heavy (non-hydrogen) atoms. The average Bonchev–Trinajstić information content (AvgIpc) is 3.01. The Kier molecular flexibility index (Phi) is 6.74. The van der Waals surface area contributed by atoms with Crippen LogP contribution in [0.1, 0.15) is 21.5 Å². The molecule has 3 rings (SSSR count). The van der Waals surface area contributed by atoms with Crippen LogP contribution in [0.3, 0.4) is 0 Å².